The van der Waals surface area contributed by atoms with E-state index in [1.165, 1.54) is 5.56 Å². The zero-order chi connectivity index (χ0) is 12.8. The molecule has 3 heteroatoms. The van der Waals surface area contributed by atoms with Crippen LogP contribution >= 0.6 is 0 Å². The molecule has 0 radical (unpaired) electrons. The highest BCUT2D eigenvalue weighted by Crippen LogP contribution is 2.18. The van der Waals surface area contributed by atoms with Crippen molar-refractivity contribution in [3.8, 4) is 0 Å². The number of nitrogens with one attached hydrogen (secondary N) is 1. The molecule has 1 amide bonds. The van der Waals surface area contributed by atoms with Crippen LogP contribution in [-0.2, 0) is 4.79 Å². The van der Waals surface area contributed by atoms with Crippen LogP contribution in [0.1, 0.15) is 45.1 Å². The van der Waals surface area contributed by atoms with Gasteiger partial charge in [-0.2, -0.15) is 0 Å². The van der Waals surface area contributed by atoms with Crippen LogP contribution in [0.4, 0.5) is 5.69 Å². The molecule has 1 rings (SSSR count). The maximum Gasteiger partial charge on any atom is 0.224 e. The Balaban J connectivity index is 2.56. The molecule has 1 aromatic carbocycles. The van der Waals surface area contributed by atoms with E-state index in [1.54, 1.807) is 0 Å². The molecule has 0 aliphatic rings. The van der Waals surface area contributed by atoms with Gasteiger partial charge in [-0.3, -0.25) is 4.79 Å². The van der Waals surface area contributed by atoms with Gasteiger partial charge in [-0.25, -0.2) is 0 Å². The summed E-state index contributed by atoms with van der Waals surface area (Å²) in [4.78, 5) is 11.6. The van der Waals surface area contributed by atoms with Gasteiger partial charge in [0.2, 0.25) is 5.91 Å². The van der Waals surface area contributed by atoms with Crippen molar-refractivity contribution in [2.75, 3.05) is 5.32 Å². The van der Waals surface area contributed by atoms with Gasteiger partial charge in [0.25, 0.3) is 0 Å². The Morgan fingerprint density at radius 2 is 2.06 bits per heavy atom. The SMILES string of the molecule is CC(N)CCC(=O)Nc1cccc(C(C)C)c1. The van der Waals surface area contributed by atoms with Crippen LogP contribution in [0.3, 0.4) is 0 Å². The van der Waals surface area contributed by atoms with Crippen molar-refractivity contribution in [2.24, 2.45) is 5.73 Å². The summed E-state index contributed by atoms with van der Waals surface area (Å²) in [5.74, 6) is 0.499. The highest BCUT2D eigenvalue weighted by molar-refractivity contribution is 5.90. The third-order valence-corrected chi connectivity index (χ3v) is 2.66. The van der Waals surface area contributed by atoms with E-state index in [4.69, 9.17) is 5.73 Å². The first kappa shape index (κ1) is 13.7. The molecule has 3 N–H and O–H groups in total. The lowest BCUT2D eigenvalue weighted by Crippen LogP contribution is -2.19. The molecule has 3 nitrogen and oxygen atoms in total. The first-order valence-corrected chi connectivity index (χ1v) is 6.14. The second-order valence-electron chi connectivity index (χ2n) is 4.84. The normalized spacial score (nSPS) is 12.5. The lowest BCUT2D eigenvalue weighted by atomic mass is 10.0. The number of amides is 1. The van der Waals surface area contributed by atoms with E-state index in [0.717, 1.165) is 12.1 Å². The quantitative estimate of drug-likeness (QED) is 0.823. The third-order valence-electron chi connectivity index (χ3n) is 2.66. The molecule has 0 fully saturated rings. The van der Waals surface area contributed by atoms with Crippen molar-refractivity contribution >= 4 is 11.6 Å². The van der Waals surface area contributed by atoms with Crippen molar-refractivity contribution in [3.05, 3.63) is 29.8 Å². The predicted molar refractivity (Wildman–Crippen MR) is 72.0 cm³/mol. The molecular weight excluding hydrogens is 212 g/mol. The summed E-state index contributed by atoms with van der Waals surface area (Å²) in [5, 5.41) is 2.90. The third kappa shape index (κ3) is 5.00. The van der Waals surface area contributed by atoms with E-state index in [-0.39, 0.29) is 11.9 Å². The Morgan fingerprint density at radius 1 is 1.35 bits per heavy atom. The van der Waals surface area contributed by atoms with Crippen molar-refractivity contribution in [3.63, 3.8) is 0 Å². The lowest BCUT2D eigenvalue weighted by Gasteiger charge is -2.10. The van der Waals surface area contributed by atoms with Crippen LogP contribution in [0.15, 0.2) is 24.3 Å². The molecule has 0 bridgehead atoms. The van der Waals surface area contributed by atoms with E-state index in [1.807, 2.05) is 25.1 Å². The molecule has 0 aromatic heterocycles. The average molecular weight is 234 g/mol. The average Bonchev–Trinajstić information content (AvgIpc) is 2.26. The van der Waals surface area contributed by atoms with E-state index in [2.05, 4.69) is 25.2 Å². The molecule has 0 saturated heterocycles. The minimum Gasteiger partial charge on any atom is -0.328 e. The number of rotatable bonds is 5. The smallest absolute Gasteiger partial charge is 0.224 e. The maximum atomic E-state index is 11.6. The van der Waals surface area contributed by atoms with E-state index in [0.29, 0.717) is 12.3 Å². The number of hydrogen-bond donors (Lipinski definition) is 2. The number of carbonyl (C=O) groups excluding carboxylic acids is 1. The number of nitrogens with two attached hydrogens (primary N) is 1. The summed E-state index contributed by atoms with van der Waals surface area (Å²) in [6.07, 6.45) is 1.19. The number of anilines is 1. The topological polar surface area (TPSA) is 55.1 Å². The Bertz CT molecular complexity index is 372. The Kier molecular flexibility index (Phi) is 5.16. The number of hydrogen-bond acceptors (Lipinski definition) is 2. The van der Waals surface area contributed by atoms with Crippen LogP contribution in [0.2, 0.25) is 0 Å². The molecular formula is C14H22N2O. The van der Waals surface area contributed by atoms with Crippen LogP contribution < -0.4 is 11.1 Å². The van der Waals surface area contributed by atoms with Gasteiger partial charge in [0.15, 0.2) is 0 Å². The first-order valence-electron chi connectivity index (χ1n) is 6.14. The molecule has 0 spiro atoms. The standard InChI is InChI=1S/C14H22N2O/c1-10(2)12-5-4-6-13(9-12)16-14(17)8-7-11(3)15/h4-6,9-11H,7-8,15H2,1-3H3,(H,16,17). The van der Waals surface area contributed by atoms with Gasteiger partial charge in [0, 0.05) is 18.2 Å². The minimum absolute atomic E-state index is 0.0307. The van der Waals surface area contributed by atoms with Gasteiger partial charge >= 0.3 is 0 Å². The molecule has 17 heavy (non-hydrogen) atoms. The largest absolute Gasteiger partial charge is 0.328 e. The van der Waals surface area contributed by atoms with Crippen molar-refractivity contribution in [1.29, 1.82) is 0 Å². The van der Waals surface area contributed by atoms with Gasteiger partial charge in [0.1, 0.15) is 0 Å². The fraction of sp³-hybridized carbons (Fsp3) is 0.500. The number of carbonyl (C=O) groups is 1. The summed E-state index contributed by atoms with van der Waals surface area (Å²) in [7, 11) is 0. The maximum absolute atomic E-state index is 11.6. The molecule has 0 aliphatic heterocycles. The summed E-state index contributed by atoms with van der Waals surface area (Å²) < 4.78 is 0. The molecule has 1 atom stereocenters. The van der Waals surface area contributed by atoms with Gasteiger partial charge in [0.05, 0.1) is 0 Å². The highest BCUT2D eigenvalue weighted by Gasteiger charge is 2.05. The van der Waals surface area contributed by atoms with Crippen LogP contribution in [-0.4, -0.2) is 11.9 Å². The predicted octanol–water partition coefficient (Wildman–Crippen LogP) is 2.88. The van der Waals surface area contributed by atoms with Crippen molar-refractivity contribution < 1.29 is 4.79 Å². The zero-order valence-corrected chi connectivity index (χ0v) is 10.9. The van der Waals surface area contributed by atoms with Gasteiger partial charge < -0.3 is 11.1 Å². The second kappa shape index (κ2) is 6.40. The minimum atomic E-state index is 0.0307. The summed E-state index contributed by atoms with van der Waals surface area (Å²) in [5.41, 5.74) is 7.72. The van der Waals surface area contributed by atoms with E-state index in [9.17, 15) is 4.79 Å². The molecule has 1 aromatic rings. The van der Waals surface area contributed by atoms with Crippen molar-refractivity contribution in [2.45, 2.75) is 45.6 Å². The fourth-order valence-electron chi connectivity index (χ4n) is 1.56. The highest BCUT2D eigenvalue weighted by atomic mass is 16.1. The molecule has 1 unspecified atom stereocenters. The summed E-state index contributed by atoms with van der Waals surface area (Å²) >= 11 is 0. The fourth-order valence-corrected chi connectivity index (χ4v) is 1.56. The monoisotopic (exact) mass is 234 g/mol. The van der Waals surface area contributed by atoms with Gasteiger partial charge in [-0.1, -0.05) is 26.0 Å². The Hall–Kier alpha value is -1.35. The van der Waals surface area contributed by atoms with E-state index >= 15 is 0 Å². The van der Waals surface area contributed by atoms with Gasteiger partial charge in [-0.15, -0.1) is 0 Å². The summed E-state index contributed by atoms with van der Waals surface area (Å²) in [6, 6.07) is 8.05. The molecule has 0 saturated carbocycles. The Labute approximate surface area is 103 Å². The Morgan fingerprint density at radius 3 is 2.65 bits per heavy atom. The summed E-state index contributed by atoms with van der Waals surface area (Å²) in [6.45, 7) is 6.18. The van der Waals surface area contributed by atoms with Crippen molar-refractivity contribution in [1.82, 2.24) is 0 Å². The van der Waals surface area contributed by atoms with Crippen LogP contribution in [0.25, 0.3) is 0 Å². The zero-order valence-electron chi connectivity index (χ0n) is 10.9. The van der Waals surface area contributed by atoms with Crippen LogP contribution in [0.5, 0.6) is 0 Å². The first-order chi connectivity index (χ1) is 7.99. The van der Waals surface area contributed by atoms with Gasteiger partial charge in [-0.05, 0) is 37.0 Å². The molecule has 0 aliphatic carbocycles. The van der Waals surface area contributed by atoms with Crippen LogP contribution in [0, 0.1) is 0 Å². The molecule has 0 heterocycles. The number of benzene rings is 1. The lowest BCUT2D eigenvalue weighted by molar-refractivity contribution is -0.116. The second-order valence-corrected chi connectivity index (χ2v) is 4.84. The molecule has 94 valence electrons. The van der Waals surface area contributed by atoms with E-state index < -0.39 is 0 Å².